The van der Waals surface area contributed by atoms with Gasteiger partial charge in [0.15, 0.2) is 11.5 Å². The highest BCUT2D eigenvalue weighted by molar-refractivity contribution is 5.69. The lowest BCUT2D eigenvalue weighted by atomic mass is 10.1. The Morgan fingerprint density at radius 3 is 2.65 bits per heavy atom. The Balaban J connectivity index is 2.23. The minimum Gasteiger partial charge on any atom is -0.493 e. The normalized spacial score (nSPS) is 10.8. The number of methoxy groups -OCH3 is 2. The maximum atomic E-state index is 5.36. The van der Waals surface area contributed by atoms with Crippen molar-refractivity contribution in [1.82, 2.24) is 14.4 Å². The maximum Gasteiger partial charge on any atom is 0.234 e. The van der Waals surface area contributed by atoms with Crippen molar-refractivity contribution >= 4 is 5.78 Å². The molecule has 0 aliphatic heterocycles. The summed E-state index contributed by atoms with van der Waals surface area (Å²) < 4.78 is 12.6. The molecule has 2 aromatic heterocycles. The van der Waals surface area contributed by atoms with E-state index in [4.69, 9.17) is 9.47 Å². The molecule has 5 nitrogen and oxygen atoms in total. The number of fused-ring (bicyclic) bond motifs is 1. The quantitative estimate of drug-likeness (QED) is 0.733. The highest BCUT2D eigenvalue weighted by Gasteiger charge is 2.13. The number of nitrogens with zero attached hydrogens (tertiary/aromatic N) is 3. The summed E-state index contributed by atoms with van der Waals surface area (Å²) in [7, 11) is 3.26. The Hall–Kier alpha value is -2.56. The average molecular weight is 269 g/mol. The molecule has 3 rings (SSSR count). The molecule has 0 aliphatic carbocycles. The van der Waals surface area contributed by atoms with Gasteiger partial charge in [0.1, 0.15) is 0 Å². The molecule has 1 aromatic carbocycles. The number of rotatable bonds is 3. The Morgan fingerprint density at radius 1 is 1.10 bits per heavy atom. The van der Waals surface area contributed by atoms with Gasteiger partial charge in [0.05, 0.1) is 25.6 Å². The molecule has 2 heterocycles. The zero-order valence-corrected chi connectivity index (χ0v) is 11.6. The van der Waals surface area contributed by atoms with Crippen LogP contribution in [0.4, 0.5) is 0 Å². The summed E-state index contributed by atoms with van der Waals surface area (Å²) in [4.78, 5) is 8.73. The number of benzene rings is 1. The molecule has 0 amide bonds. The first kappa shape index (κ1) is 12.5. The third-order valence-electron chi connectivity index (χ3n) is 3.23. The van der Waals surface area contributed by atoms with E-state index in [9.17, 15) is 0 Å². The highest BCUT2D eigenvalue weighted by atomic mass is 16.5. The van der Waals surface area contributed by atoms with Crippen LogP contribution in [0.2, 0.25) is 0 Å². The fraction of sp³-hybridized carbons (Fsp3) is 0.200. The molecule has 0 saturated heterocycles. The van der Waals surface area contributed by atoms with Crippen LogP contribution in [0.1, 0.15) is 5.69 Å². The molecule has 0 saturated carbocycles. The number of aromatic nitrogens is 3. The van der Waals surface area contributed by atoms with Crippen molar-refractivity contribution in [3.05, 3.63) is 42.4 Å². The molecule has 0 spiro atoms. The van der Waals surface area contributed by atoms with Gasteiger partial charge >= 0.3 is 0 Å². The standard InChI is InChI=1S/C15H15N3O2/c1-10-14(18-8-4-7-16-15(18)17-10)11-5-6-12(19-2)13(9-11)20-3/h4-9H,1-3H3. The molecule has 20 heavy (non-hydrogen) atoms. The first-order chi connectivity index (χ1) is 9.74. The van der Waals surface area contributed by atoms with Gasteiger partial charge in [0.2, 0.25) is 5.78 Å². The monoisotopic (exact) mass is 269 g/mol. The Morgan fingerprint density at radius 2 is 1.90 bits per heavy atom. The van der Waals surface area contributed by atoms with Gasteiger partial charge in [-0.1, -0.05) is 0 Å². The molecular formula is C15H15N3O2. The van der Waals surface area contributed by atoms with E-state index < -0.39 is 0 Å². The van der Waals surface area contributed by atoms with Crippen molar-refractivity contribution in [2.24, 2.45) is 0 Å². The van der Waals surface area contributed by atoms with Crippen LogP contribution in [0.3, 0.4) is 0 Å². The van der Waals surface area contributed by atoms with Gasteiger partial charge in [-0.15, -0.1) is 0 Å². The third-order valence-corrected chi connectivity index (χ3v) is 3.23. The molecular weight excluding hydrogens is 254 g/mol. The van der Waals surface area contributed by atoms with E-state index in [-0.39, 0.29) is 0 Å². The zero-order valence-electron chi connectivity index (χ0n) is 11.6. The van der Waals surface area contributed by atoms with Crippen LogP contribution in [-0.2, 0) is 0 Å². The highest BCUT2D eigenvalue weighted by Crippen LogP contribution is 2.33. The van der Waals surface area contributed by atoms with Gasteiger partial charge in [0, 0.05) is 18.0 Å². The summed E-state index contributed by atoms with van der Waals surface area (Å²) in [5.74, 6) is 2.10. The van der Waals surface area contributed by atoms with Gasteiger partial charge in [-0.3, -0.25) is 4.40 Å². The van der Waals surface area contributed by atoms with Gasteiger partial charge in [0.25, 0.3) is 0 Å². The summed E-state index contributed by atoms with van der Waals surface area (Å²) >= 11 is 0. The fourth-order valence-corrected chi connectivity index (χ4v) is 2.33. The Labute approximate surface area is 116 Å². The predicted octanol–water partition coefficient (Wildman–Crippen LogP) is 2.72. The van der Waals surface area contributed by atoms with E-state index in [1.807, 2.05) is 41.8 Å². The van der Waals surface area contributed by atoms with E-state index in [2.05, 4.69) is 9.97 Å². The number of imidazole rings is 1. The molecule has 0 bridgehead atoms. The van der Waals surface area contributed by atoms with Crippen molar-refractivity contribution in [1.29, 1.82) is 0 Å². The zero-order chi connectivity index (χ0) is 14.1. The SMILES string of the molecule is COc1ccc(-c2c(C)nc3ncccn23)cc1OC. The molecule has 3 aromatic rings. The van der Waals surface area contributed by atoms with Crippen molar-refractivity contribution in [2.45, 2.75) is 6.92 Å². The van der Waals surface area contributed by atoms with Crippen LogP contribution in [0.5, 0.6) is 11.5 Å². The largest absolute Gasteiger partial charge is 0.493 e. The number of aryl methyl sites for hydroxylation is 1. The maximum absolute atomic E-state index is 5.36. The van der Waals surface area contributed by atoms with E-state index >= 15 is 0 Å². The molecule has 0 atom stereocenters. The van der Waals surface area contributed by atoms with Gasteiger partial charge in [-0.25, -0.2) is 9.97 Å². The lowest BCUT2D eigenvalue weighted by Gasteiger charge is -2.10. The summed E-state index contributed by atoms with van der Waals surface area (Å²) in [6, 6.07) is 7.72. The third kappa shape index (κ3) is 1.87. The second kappa shape index (κ2) is 4.85. The number of ether oxygens (including phenoxy) is 2. The van der Waals surface area contributed by atoms with Crippen LogP contribution in [0.15, 0.2) is 36.7 Å². The van der Waals surface area contributed by atoms with E-state index in [1.54, 1.807) is 20.4 Å². The minimum absolute atomic E-state index is 0.690. The summed E-state index contributed by atoms with van der Waals surface area (Å²) in [5.41, 5.74) is 2.95. The minimum atomic E-state index is 0.690. The van der Waals surface area contributed by atoms with Crippen LogP contribution >= 0.6 is 0 Å². The van der Waals surface area contributed by atoms with Crippen LogP contribution in [0, 0.1) is 6.92 Å². The van der Waals surface area contributed by atoms with Gasteiger partial charge in [-0.2, -0.15) is 0 Å². The molecule has 5 heteroatoms. The summed E-state index contributed by atoms with van der Waals surface area (Å²) in [5, 5.41) is 0. The Bertz CT molecular complexity index is 765. The van der Waals surface area contributed by atoms with E-state index in [0.29, 0.717) is 17.3 Å². The predicted molar refractivity (Wildman–Crippen MR) is 76.3 cm³/mol. The van der Waals surface area contributed by atoms with E-state index in [1.165, 1.54) is 0 Å². The van der Waals surface area contributed by atoms with Crippen molar-refractivity contribution < 1.29 is 9.47 Å². The van der Waals surface area contributed by atoms with Crippen LogP contribution in [0.25, 0.3) is 17.0 Å². The van der Waals surface area contributed by atoms with Gasteiger partial charge < -0.3 is 9.47 Å². The fourth-order valence-electron chi connectivity index (χ4n) is 2.33. The summed E-state index contributed by atoms with van der Waals surface area (Å²) in [6.07, 6.45) is 3.69. The second-order valence-electron chi connectivity index (χ2n) is 4.41. The summed E-state index contributed by atoms with van der Waals surface area (Å²) in [6.45, 7) is 1.97. The molecule has 0 unspecified atom stereocenters. The topological polar surface area (TPSA) is 48.7 Å². The van der Waals surface area contributed by atoms with Crippen molar-refractivity contribution in [3.63, 3.8) is 0 Å². The van der Waals surface area contributed by atoms with Crippen molar-refractivity contribution in [3.8, 4) is 22.8 Å². The number of hydrogen-bond donors (Lipinski definition) is 0. The molecule has 0 aliphatic rings. The Kier molecular flexibility index (Phi) is 3.02. The smallest absolute Gasteiger partial charge is 0.234 e. The lowest BCUT2D eigenvalue weighted by molar-refractivity contribution is 0.355. The van der Waals surface area contributed by atoms with Gasteiger partial charge in [-0.05, 0) is 31.2 Å². The lowest BCUT2D eigenvalue weighted by Crippen LogP contribution is -1.93. The van der Waals surface area contributed by atoms with Crippen molar-refractivity contribution in [2.75, 3.05) is 14.2 Å². The average Bonchev–Trinajstić information content (AvgIpc) is 2.82. The molecule has 0 N–H and O–H groups in total. The van der Waals surface area contributed by atoms with Crippen LogP contribution < -0.4 is 9.47 Å². The molecule has 0 fully saturated rings. The molecule has 102 valence electrons. The first-order valence-corrected chi connectivity index (χ1v) is 6.26. The van der Waals surface area contributed by atoms with E-state index in [0.717, 1.165) is 17.0 Å². The number of hydrogen-bond acceptors (Lipinski definition) is 4. The molecule has 0 radical (unpaired) electrons. The first-order valence-electron chi connectivity index (χ1n) is 6.26. The van der Waals surface area contributed by atoms with Crippen LogP contribution in [-0.4, -0.2) is 28.6 Å². The second-order valence-corrected chi connectivity index (χ2v) is 4.41.